The minimum atomic E-state index is -0.842. The number of hydrogen-bond acceptors (Lipinski definition) is 2. The molecule has 0 aliphatic heterocycles. The summed E-state index contributed by atoms with van der Waals surface area (Å²) in [5.41, 5.74) is 1.35. The Morgan fingerprint density at radius 1 is 1.56 bits per heavy atom. The van der Waals surface area contributed by atoms with Crippen molar-refractivity contribution in [3.05, 3.63) is 35.0 Å². The maximum Gasteiger partial charge on any atom is 0.311 e. The molecule has 4 heteroatoms. The summed E-state index contributed by atoms with van der Waals surface area (Å²) in [7, 11) is 0. The van der Waals surface area contributed by atoms with Crippen LogP contribution in [-0.4, -0.2) is 11.1 Å². The van der Waals surface area contributed by atoms with Gasteiger partial charge < -0.3 is 9.52 Å². The average Bonchev–Trinajstić information content (AvgIpc) is 2.62. The molecule has 0 aliphatic carbocycles. The summed E-state index contributed by atoms with van der Waals surface area (Å²) in [6.07, 6.45) is 2.03. The van der Waals surface area contributed by atoms with Gasteiger partial charge in [0.05, 0.1) is 12.2 Å². The van der Waals surface area contributed by atoms with E-state index in [1.807, 2.05) is 6.92 Å². The third-order valence-electron chi connectivity index (χ3n) is 2.65. The van der Waals surface area contributed by atoms with Gasteiger partial charge in [0.1, 0.15) is 5.58 Å². The summed E-state index contributed by atoms with van der Waals surface area (Å²) < 4.78 is 5.32. The normalized spacial score (nSPS) is 12.9. The smallest absolute Gasteiger partial charge is 0.311 e. The molecule has 1 aromatic carbocycles. The SMILES string of the molecule is CCC(C(=O)O)c1coc2ccc(Cl)cc12. The van der Waals surface area contributed by atoms with Crippen molar-refractivity contribution >= 4 is 28.5 Å². The summed E-state index contributed by atoms with van der Waals surface area (Å²) in [5.74, 6) is -1.38. The van der Waals surface area contributed by atoms with E-state index in [2.05, 4.69) is 0 Å². The molecule has 1 N–H and O–H groups in total. The summed E-state index contributed by atoms with van der Waals surface area (Å²) in [6, 6.07) is 5.20. The van der Waals surface area contributed by atoms with E-state index in [1.54, 1.807) is 18.2 Å². The molecule has 0 fully saturated rings. The fourth-order valence-corrected chi connectivity index (χ4v) is 1.99. The van der Waals surface area contributed by atoms with E-state index in [0.717, 1.165) is 5.39 Å². The maximum atomic E-state index is 11.1. The quantitative estimate of drug-likeness (QED) is 0.888. The van der Waals surface area contributed by atoms with Gasteiger partial charge in [0.2, 0.25) is 0 Å². The Morgan fingerprint density at radius 3 is 2.94 bits per heavy atom. The van der Waals surface area contributed by atoms with Crippen molar-refractivity contribution in [1.82, 2.24) is 0 Å². The van der Waals surface area contributed by atoms with Gasteiger partial charge >= 0.3 is 5.97 Å². The molecule has 2 rings (SSSR count). The second-order valence-electron chi connectivity index (χ2n) is 3.63. The van der Waals surface area contributed by atoms with Crippen LogP contribution in [0.3, 0.4) is 0 Å². The Labute approximate surface area is 97.6 Å². The number of carbonyl (C=O) groups is 1. The van der Waals surface area contributed by atoms with Crippen LogP contribution in [0.1, 0.15) is 24.8 Å². The highest BCUT2D eigenvalue weighted by Gasteiger charge is 2.22. The Balaban J connectivity index is 2.59. The van der Waals surface area contributed by atoms with E-state index >= 15 is 0 Å². The van der Waals surface area contributed by atoms with Gasteiger partial charge in [-0.25, -0.2) is 0 Å². The van der Waals surface area contributed by atoms with Gasteiger partial charge in [-0.1, -0.05) is 18.5 Å². The summed E-state index contributed by atoms with van der Waals surface area (Å²) in [4.78, 5) is 11.1. The number of aliphatic carboxylic acids is 1. The molecule has 0 aliphatic rings. The van der Waals surface area contributed by atoms with Gasteiger partial charge in [-0.05, 0) is 24.6 Å². The van der Waals surface area contributed by atoms with Crippen LogP contribution < -0.4 is 0 Å². The third kappa shape index (κ3) is 1.78. The van der Waals surface area contributed by atoms with Crippen LogP contribution in [0.25, 0.3) is 11.0 Å². The van der Waals surface area contributed by atoms with Crippen molar-refractivity contribution in [2.24, 2.45) is 0 Å². The van der Waals surface area contributed by atoms with Gasteiger partial charge in [-0.3, -0.25) is 4.79 Å². The largest absolute Gasteiger partial charge is 0.481 e. The van der Waals surface area contributed by atoms with Gasteiger partial charge in [-0.15, -0.1) is 0 Å². The average molecular weight is 239 g/mol. The summed E-state index contributed by atoms with van der Waals surface area (Å²) in [6.45, 7) is 1.84. The first-order valence-corrected chi connectivity index (χ1v) is 5.40. The van der Waals surface area contributed by atoms with Crippen LogP contribution in [0.15, 0.2) is 28.9 Å². The fourth-order valence-electron chi connectivity index (χ4n) is 1.82. The molecule has 1 heterocycles. The van der Waals surface area contributed by atoms with Gasteiger partial charge in [0, 0.05) is 16.0 Å². The lowest BCUT2D eigenvalue weighted by molar-refractivity contribution is -0.138. The first kappa shape index (κ1) is 11.0. The highest BCUT2D eigenvalue weighted by Crippen LogP contribution is 2.31. The predicted molar refractivity (Wildman–Crippen MR) is 61.9 cm³/mol. The number of carboxylic acids is 1. The minimum absolute atomic E-state index is 0.524. The van der Waals surface area contributed by atoms with E-state index < -0.39 is 11.9 Å². The van der Waals surface area contributed by atoms with Crippen LogP contribution in [0, 0.1) is 0 Å². The molecule has 2 aromatic rings. The summed E-state index contributed by atoms with van der Waals surface area (Å²) >= 11 is 5.89. The van der Waals surface area contributed by atoms with Crippen molar-refractivity contribution in [3.8, 4) is 0 Å². The Morgan fingerprint density at radius 2 is 2.31 bits per heavy atom. The van der Waals surface area contributed by atoms with E-state index in [-0.39, 0.29) is 0 Å². The first-order valence-electron chi connectivity index (χ1n) is 5.03. The number of furan rings is 1. The second kappa shape index (κ2) is 4.18. The molecule has 0 amide bonds. The molecule has 0 spiro atoms. The Hall–Kier alpha value is -1.48. The molecule has 84 valence electrons. The van der Waals surface area contributed by atoms with Crippen molar-refractivity contribution < 1.29 is 14.3 Å². The van der Waals surface area contributed by atoms with Crippen LogP contribution in [0.2, 0.25) is 5.02 Å². The molecule has 16 heavy (non-hydrogen) atoms. The zero-order valence-electron chi connectivity index (χ0n) is 8.74. The van der Waals surface area contributed by atoms with Crippen molar-refractivity contribution in [1.29, 1.82) is 0 Å². The molecule has 0 saturated carbocycles. The molecular formula is C12H11ClO3. The summed E-state index contributed by atoms with van der Waals surface area (Å²) in [5, 5.41) is 10.5. The molecule has 0 radical (unpaired) electrons. The molecule has 0 bridgehead atoms. The Kier molecular flexibility index (Phi) is 2.88. The molecule has 1 atom stereocenters. The van der Waals surface area contributed by atoms with Crippen LogP contribution in [0.5, 0.6) is 0 Å². The lowest BCUT2D eigenvalue weighted by Crippen LogP contribution is -2.09. The topological polar surface area (TPSA) is 50.4 Å². The fraction of sp³-hybridized carbons (Fsp3) is 0.250. The van der Waals surface area contributed by atoms with Gasteiger partial charge in [-0.2, -0.15) is 0 Å². The zero-order chi connectivity index (χ0) is 11.7. The van der Waals surface area contributed by atoms with Gasteiger partial charge in [0.15, 0.2) is 0 Å². The monoisotopic (exact) mass is 238 g/mol. The van der Waals surface area contributed by atoms with E-state index in [4.69, 9.17) is 21.1 Å². The standard InChI is InChI=1S/C12H11ClO3/c1-2-8(12(14)15)10-6-16-11-4-3-7(13)5-9(10)11/h3-6,8H,2H2,1H3,(H,14,15). The molecule has 3 nitrogen and oxygen atoms in total. The van der Waals surface area contributed by atoms with Gasteiger partial charge in [0.25, 0.3) is 0 Å². The Bertz CT molecular complexity index is 530. The number of hydrogen-bond donors (Lipinski definition) is 1. The number of fused-ring (bicyclic) bond motifs is 1. The first-order chi connectivity index (χ1) is 7.63. The highest BCUT2D eigenvalue weighted by molar-refractivity contribution is 6.31. The maximum absolute atomic E-state index is 11.1. The number of rotatable bonds is 3. The van der Waals surface area contributed by atoms with Crippen LogP contribution >= 0.6 is 11.6 Å². The number of benzene rings is 1. The minimum Gasteiger partial charge on any atom is -0.481 e. The number of halogens is 1. The second-order valence-corrected chi connectivity index (χ2v) is 4.07. The van der Waals surface area contributed by atoms with Crippen LogP contribution in [-0.2, 0) is 4.79 Å². The predicted octanol–water partition coefficient (Wildman–Crippen LogP) is 3.66. The van der Waals surface area contributed by atoms with Crippen molar-refractivity contribution in [2.45, 2.75) is 19.3 Å². The van der Waals surface area contributed by atoms with E-state index in [1.165, 1.54) is 6.26 Å². The van der Waals surface area contributed by atoms with Crippen molar-refractivity contribution in [2.75, 3.05) is 0 Å². The lowest BCUT2D eigenvalue weighted by atomic mass is 9.96. The van der Waals surface area contributed by atoms with E-state index in [9.17, 15) is 4.79 Å². The zero-order valence-corrected chi connectivity index (χ0v) is 9.49. The molecule has 1 unspecified atom stereocenters. The molecular weight excluding hydrogens is 228 g/mol. The molecule has 0 saturated heterocycles. The van der Waals surface area contributed by atoms with E-state index in [0.29, 0.717) is 22.6 Å². The highest BCUT2D eigenvalue weighted by atomic mass is 35.5. The number of carboxylic acid groups (broad SMARTS) is 1. The van der Waals surface area contributed by atoms with Crippen molar-refractivity contribution in [3.63, 3.8) is 0 Å². The molecule has 1 aromatic heterocycles. The third-order valence-corrected chi connectivity index (χ3v) is 2.88. The lowest BCUT2D eigenvalue weighted by Gasteiger charge is -2.07. The van der Waals surface area contributed by atoms with Crippen LogP contribution in [0.4, 0.5) is 0 Å².